The molecule has 0 spiro atoms. The molecule has 2 aromatic rings. The second-order valence-corrected chi connectivity index (χ2v) is 7.94. The summed E-state index contributed by atoms with van der Waals surface area (Å²) in [6.07, 6.45) is 5.51. The topological polar surface area (TPSA) is 41.0 Å². The first-order chi connectivity index (χ1) is 10.8. The van der Waals surface area contributed by atoms with Crippen molar-refractivity contribution < 1.29 is 0 Å². The lowest BCUT2D eigenvalue weighted by Gasteiger charge is -2.16. The van der Waals surface area contributed by atoms with Crippen LogP contribution in [0, 0.1) is 0 Å². The third kappa shape index (κ3) is 3.42. The Bertz CT molecular complexity index is 655. The van der Waals surface area contributed by atoms with E-state index in [0.717, 1.165) is 42.0 Å². The van der Waals surface area contributed by atoms with E-state index in [2.05, 4.69) is 26.3 Å². The van der Waals surface area contributed by atoms with Gasteiger partial charge in [0.15, 0.2) is 0 Å². The Balaban J connectivity index is 1.33. The van der Waals surface area contributed by atoms with E-state index in [1.807, 2.05) is 18.3 Å². The Morgan fingerprint density at radius 1 is 1.27 bits per heavy atom. The second kappa shape index (κ2) is 6.14. The summed E-state index contributed by atoms with van der Waals surface area (Å²) in [5.41, 5.74) is 0. The summed E-state index contributed by atoms with van der Waals surface area (Å²) in [4.78, 5) is 12.8. The number of thiophene rings is 1. The molecule has 3 heterocycles. The number of aromatic nitrogens is 2. The van der Waals surface area contributed by atoms with E-state index in [1.54, 1.807) is 11.3 Å². The van der Waals surface area contributed by atoms with Crippen LogP contribution in [-0.2, 0) is 6.54 Å². The van der Waals surface area contributed by atoms with Gasteiger partial charge in [-0.05, 0) is 37.5 Å². The minimum absolute atomic E-state index is 0.470. The van der Waals surface area contributed by atoms with E-state index in [1.165, 1.54) is 17.7 Å². The van der Waals surface area contributed by atoms with Crippen LogP contribution in [0.15, 0.2) is 24.4 Å². The van der Waals surface area contributed by atoms with Gasteiger partial charge in [-0.1, -0.05) is 11.6 Å². The van der Waals surface area contributed by atoms with E-state index in [9.17, 15) is 0 Å². The monoisotopic (exact) mass is 334 g/mol. The minimum Gasteiger partial charge on any atom is -0.366 e. The lowest BCUT2D eigenvalue weighted by Crippen LogP contribution is -2.26. The fraction of sp³-hybridized carbons (Fsp3) is 0.500. The highest BCUT2D eigenvalue weighted by Crippen LogP contribution is 2.38. The number of hydrogen-bond acceptors (Lipinski definition) is 5. The lowest BCUT2D eigenvalue weighted by molar-refractivity contribution is 0.331. The van der Waals surface area contributed by atoms with Gasteiger partial charge in [0.25, 0.3) is 0 Å². The first-order valence-corrected chi connectivity index (χ1v) is 9.02. The number of halogens is 1. The fourth-order valence-corrected chi connectivity index (χ4v) is 4.08. The first kappa shape index (κ1) is 14.4. The maximum Gasteiger partial charge on any atom is 0.133 e. The van der Waals surface area contributed by atoms with Crippen LogP contribution in [0.2, 0.25) is 4.34 Å². The summed E-state index contributed by atoms with van der Waals surface area (Å²) in [7, 11) is 0. The van der Waals surface area contributed by atoms with Gasteiger partial charge < -0.3 is 5.32 Å². The van der Waals surface area contributed by atoms with Crippen molar-refractivity contribution in [1.29, 1.82) is 0 Å². The molecule has 1 aliphatic carbocycles. The Morgan fingerprint density at radius 3 is 2.95 bits per heavy atom. The SMILES string of the molecule is Clc1ccc(CN2CCC(Nc3ccnc(C4CC4)n3)C2)s1. The zero-order valence-corrected chi connectivity index (χ0v) is 13.9. The Labute approximate surface area is 139 Å². The number of rotatable bonds is 5. The van der Waals surface area contributed by atoms with Crippen molar-refractivity contribution in [3.63, 3.8) is 0 Å². The molecule has 6 heteroatoms. The van der Waals surface area contributed by atoms with E-state index < -0.39 is 0 Å². The van der Waals surface area contributed by atoms with Crippen molar-refractivity contribution in [3.8, 4) is 0 Å². The van der Waals surface area contributed by atoms with Crippen molar-refractivity contribution in [2.45, 2.75) is 37.8 Å². The van der Waals surface area contributed by atoms with E-state index in [0.29, 0.717) is 12.0 Å². The number of hydrogen-bond donors (Lipinski definition) is 1. The zero-order valence-electron chi connectivity index (χ0n) is 12.3. The van der Waals surface area contributed by atoms with Crippen LogP contribution in [0.4, 0.5) is 5.82 Å². The van der Waals surface area contributed by atoms with Crippen molar-refractivity contribution in [2.24, 2.45) is 0 Å². The van der Waals surface area contributed by atoms with Crippen molar-refractivity contribution >= 4 is 28.8 Å². The average molecular weight is 335 g/mol. The quantitative estimate of drug-likeness (QED) is 0.904. The summed E-state index contributed by atoms with van der Waals surface area (Å²) < 4.78 is 0.873. The summed E-state index contributed by atoms with van der Waals surface area (Å²) >= 11 is 7.68. The molecule has 4 rings (SSSR count). The van der Waals surface area contributed by atoms with Crippen LogP contribution in [0.5, 0.6) is 0 Å². The molecule has 1 saturated carbocycles. The molecule has 0 bridgehead atoms. The van der Waals surface area contributed by atoms with E-state index in [-0.39, 0.29) is 0 Å². The zero-order chi connectivity index (χ0) is 14.9. The molecule has 0 aromatic carbocycles. The molecule has 2 aromatic heterocycles. The third-order valence-corrected chi connectivity index (χ3v) is 5.47. The molecule has 1 unspecified atom stereocenters. The molecule has 1 N–H and O–H groups in total. The Kier molecular flexibility index (Phi) is 4.03. The van der Waals surface area contributed by atoms with Crippen LogP contribution >= 0.6 is 22.9 Å². The predicted molar refractivity (Wildman–Crippen MR) is 90.6 cm³/mol. The van der Waals surface area contributed by atoms with E-state index >= 15 is 0 Å². The van der Waals surface area contributed by atoms with Crippen molar-refractivity contribution in [1.82, 2.24) is 14.9 Å². The normalized spacial score (nSPS) is 22.1. The van der Waals surface area contributed by atoms with Gasteiger partial charge in [-0.15, -0.1) is 11.3 Å². The van der Waals surface area contributed by atoms with Gasteiger partial charge in [-0.3, -0.25) is 4.90 Å². The molecule has 0 radical (unpaired) electrons. The van der Waals surface area contributed by atoms with Crippen LogP contribution < -0.4 is 5.32 Å². The van der Waals surface area contributed by atoms with E-state index in [4.69, 9.17) is 11.6 Å². The number of nitrogens with one attached hydrogen (secondary N) is 1. The average Bonchev–Trinajstić information content (AvgIpc) is 3.16. The molecule has 1 saturated heterocycles. The summed E-state index contributed by atoms with van der Waals surface area (Å²) in [5.74, 6) is 2.58. The van der Waals surface area contributed by atoms with Gasteiger partial charge in [0.1, 0.15) is 11.6 Å². The molecule has 116 valence electrons. The minimum atomic E-state index is 0.470. The molecule has 22 heavy (non-hydrogen) atoms. The highest BCUT2D eigenvalue weighted by atomic mass is 35.5. The van der Waals surface area contributed by atoms with Crippen molar-refractivity contribution in [3.05, 3.63) is 39.4 Å². The maximum atomic E-state index is 6.00. The van der Waals surface area contributed by atoms with Crippen LogP contribution in [-0.4, -0.2) is 34.0 Å². The molecule has 1 atom stereocenters. The van der Waals surface area contributed by atoms with Gasteiger partial charge >= 0.3 is 0 Å². The molecule has 4 nitrogen and oxygen atoms in total. The lowest BCUT2D eigenvalue weighted by atomic mass is 10.2. The smallest absolute Gasteiger partial charge is 0.133 e. The molecular formula is C16H19ClN4S. The number of nitrogens with zero attached hydrogens (tertiary/aromatic N) is 3. The third-order valence-electron chi connectivity index (χ3n) is 4.25. The van der Waals surface area contributed by atoms with Gasteiger partial charge in [-0.25, -0.2) is 9.97 Å². The summed E-state index contributed by atoms with van der Waals surface area (Å²) in [5, 5.41) is 3.57. The summed E-state index contributed by atoms with van der Waals surface area (Å²) in [6.45, 7) is 3.17. The number of likely N-dealkylation sites (tertiary alicyclic amines) is 1. The number of anilines is 1. The second-order valence-electron chi connectivity index (χ2n) is 6.15. The molecule has 2 aliphatic rings. The van der Waals surface area contributed by atoms with Crippen LogP contribution in [0.1, 0.15) is 35.9 Å². The van der Waals surface area contributed by atoms with Crippen LogP contribution in [0.25, 0.3) is 0 Å². The molecule has 0 amide bonds. The van der Waals surface area contributed by atoms with Crippen molar-refractivity contribution in [2.75, 3.05) is 18.4 Å². The fourth-order valence-electron chi connectivity index (χ4n) is 2.95. The van der Waals surface area contributed by atoms with Gasteiger partial charge in [-0.2, -0.15) is 0 Å². The first-order valence-electron chi connectivity index (χ1n) is 7.82. The molecule has 1 aliphatic heterocycles. The Morgan fingerprint density at radius 2 is 2.18 bits per heavy atom. The van der Waals surface area contributed by atoms with Gasteiger partial charge in [0.05, 0.1) is 4.34 Å². The molecule has 2 fully saturated rings. The van der Waals surface area contributed by atoms with Gasteiger partial charge in [0.2, 0.25) is 0 Å². The predicted octanol–water partition coefficient (Wildman–Crippen LogP) is 3.76. The highest BCUT2D eigenvalue weighted by molar-refractivity contribution is 7.16. The Hall–Kier alpha value is -1.17. The standard InChI is InChI=1S/C16H19ClN4S/c17-14-4-3-13(22-14)10-21-8-6-12(9-21)19-15-5-7-18-16(20-15)11-1-2-11/h3-5,7,11-12H,1-2,6,8-10H2,(H,18,19,20). The molecular weight excluding hydrogens is 316 g/mol. The van der Waals surface area contributed by atoms with Crippen LogP contribution in [0.3, 0.4) is 0 Å². The largest absolute Gasteiger partial charge is 0.366 e. The summed E-state index contributed by atoms with van der Waals surface area (Å²) in [6, 6.07) is 6.55. The highest BCUT2D eigenvalue weighted by Gasteiger charge is 2.27. The van der Waals surface area contributed by atoms with Gasteiger partial charge in [0, 0.05) is 42.7 Å². The maximum absolute atomic E-state index is 6.00.